The maximum atomic E-state index is 13.1. The van der Waals surface area contributed by atoms with Crippen molar-refractivity contribution in [1.82, 2.24) is 15.6 Å². The molecule has 1 heterocycles. The summed E-state index contributed by atoms with van der Waals surface area (Å²) in [6, 6.07) is 23.6. The second kappa shape index (κ2) is 10.2. The van der Waals surface area contributed by atoms with E-state index in [2.05, 4.69) is 15.6 Å². The maximum Gasteiger partial charge on any atom is 0.312 e. The van der Waals surface area contributed by atoms with Crippen LogP contribution in [0.15, 0.2) is 85.1 Å². The number of nitrogens with two attached hydrogens (primary N) is 1. The second-order valence-electron chi connectivity index (χ2n) is 7.86. The summed E-state index contributed by atoms with van der Waals surface area (Å²) in [4.78, 5) is 28.0. The molecule has 0 aliphatic carbocycles. The number of primary amides is 1. The Bertz CT molecular complexity index is 1260. The van der Waals surface area contributed by atoms with Crippen molar-refractivity contribution < 1.29 is 9.59 Å². The highest BCUT2D eigenvalue weighted by atomic mass is 35.5. The number of nitrogens with one attached hydrogen (secondary N) is 3. The van der Waals surface area contributed by atoms with E-state index in [9.17, 15) is 9.59 Å². The molecule has 3 aromatic carbocycles. The SMILES string of the molecule is NC(=O)N[C@H](Cc1ccccc1)C(=O)NC[C@H](c1ccccc1Cl)c1c[nH]c2ccccc12. The third kappa shape index (κ3) is 5.35. The van der Waals surface area contributed by atoms with Crippen LogP contribution in [0.25, 0.3) is 10.9 Å². The van der Waals surface area contributed by atoms with Gasteiger partial charge in [-0.25, -0.2) is 4.79 Å². The largest absolute Gasteiger partial charge is 0.361 e. The number of hydrogen-bond donors (Lipinski definition) is 4. The van der Waals surface area contributed by atoms with Crippen molar-refractivity contribution in [2.45, 2.75) is 18.4 Å². The van der Waals surface area contributed by atoms with Crippen LogP contribution in [0, 0.1) is 0 Å². The van der Waals surface area contributed by atoms with Crippen LogP contribution in [0.1, 0.15) is 22.6 Å². The second-order valence-corrected chi connectivity index (χ2v) is 8.27. The molecule has 0 bridgehead atoms. The van der Waals surface area contributed by atoms with Gasteiger partial charge in [0, 0.05) is 41.0 Å². The molecule has 2 atom stereocenters. The fourth-order valence-corrected chi connectivity index (χ4v) is 4.35. The number of halogens is 1. The highest BCUT2D eigenvalue weighted by Crippen LogP contribution is 2.34. The number of para-hydroxylation sites is 1. The summed E-state index contributed by atoms with van der Waals surface area (Å²) in [7, 11) is 0. The van der Waals surface area contributed by atoms with E-state index in [0.29, 0.717) is 18.0 Å². The zero-order valence-corrected chi connectivity index (χ0v) is 18.7. The predicted molar refractivity (Wildman–Crippen MR) is 131 cm³/mol. The van der Waals surface area contributed by atoms with Gasteiger partial charge in [-0.3, -0.25) is 4.79 Å². The van der Waals surface area contributed by atoms with E-state index in [1.165, 1.54) is 0 Å². The van der Waals surface area contributed by atoms with Gasteiger partial charge in [-0.05, 0) is 28.8 Å². The van der Waals surface area contributed by atoms with E-state index in [4.69, 9.17) is 17.3 Å². The fraction of sp³-hybridized carbons (Fsp3) is 0.154. The lowest BCUT2D eigenvalue weighted by molar-refractivity contribution is -0.122. The van der Waals surface area contributed by atoms with Crippen molar-refractivity contribution in [3.8, 4) is 0 Å². The van der Waals surface area contributed by atoms with Crippen LogP contribution < -0.4 is 16.4 Å². The molecule has 0 fully saturated rings. The summed E-state index contributed by atoms with van der Waals surface area (Å²) in [6.45, 7) is 0.302. The number of fused-ring (bicyclic) bond motifs is 1. The molecule has 4 aromatic rings. The van der Waals surface area contributed by atoms with Gasteiger partial charge in [0.2, 0.25) is 5.91 Å². The molecule has 33 heavy (non-hydrogen) atoms. The third-order valence-electron chi connectivity index (χ3n) is 5.67. The molecule has 0 saturated heterocycles. The van der Waals surface area contributed by atoms with Crippen LogP contribution in [0.4, 0.5) is 4.79 Å². The molecular formula is C26H25ClN4O2. The first kappa shape index (κ1) is 22.4. The van der Waals surface area contributed by atoms with Crippen LogP contribution in [-0.4, -0.2) is 29.5 Å². The number of aromatic nitrogens is 1. The Morgan fingerprint density at radius 1 is 0.909 bits per heavy atom. The number of urea groups is 1. The van der Waals surface area contributed by atoms with Gasteiger partial charge in [0.25, 0.3) is 0 Å². The predicted octanol–water partition coefficient (Wildman–Crippen LogP) is 4.35. The minimum atomic E-state index is -0.792. The van der Waals surface area contributed by atoms with E-state index in [1.807, 2.05) is 85.1 Å². The van der Waals surface area contributed by atoms with Crippen LogP contribution in [0.3, 0.4) is 0 Å². The summed E-state index contributed by atoms with van der Waals surface area (Å²) in [5.74, 6) is -0.501. The number of aromatic amines is 1. The number of rotatable bonds is 8. The van der Waals surface area contributed by atoms with Crippen molar-refractivity contribution in [1.29, 1.82) is 0 Å². The normalized spacial score (nSPS) is 12.8. The van der Waals surface area contributed by atoms with Gasteiger partial charge in [-0.1, -0.05) is 78.3 Å². The zero-order valence-electron chi connectivity index (χ0n) is 17.9. The van der Waals surface area contributed by atoms with Crippen LogP contribution in [0.2, 0.25) is 5.02 Å². The molecule has 1 aromatic heterocycles. The fourth-order valence-electron chi connectivity index (χ4n) is 4.08. The lowest BCUT2D eigenvalue weighted by atomic mass is 9.90. The quantitative estimate of drug-likeness (QED) is 0.314. The minimum Gasteiger partial charge on any atom is -0.361 e. The summed E-state index contributed by atoms with van der Waals surface area (Å²) in [5.41, 5.74) is 9.21. The Morgan fingerprint density at radius 2 is 1.61 bits per heavy atom. The molecule has 5 N–H and O–H groups in total. The van der Waals surface area contributed by atoms with Gasteiger partial charge < -0.3 is 21.4 Å². The maximum absolute atomic E-state index is 13.1. The van der Waals surface area contributed by atoms with Crippen molar-refractivity contribution in [2.75, 3.05) is 6.54 Å². The standard InChI is InChI=1S/C26H25ClN4O2/c27-22-12-6-4-10-18(22)20(21-15-29-23-13-7-5-11-19(21)23)16-30-25(32)24(31-26(28)33)14-17-8-2-1-3-9-17/h1-13,15,20,24,29H,14,16H2,(H,30,32)(H3,28,31,33)/t20-,24-/m1/s1. The van der Waals surface area contributed by atoms with Crippen LogP contribution in [-0.2, 0) is 11.2 Å². The molecule has 0 aliphatic rings. The Labute approximate surface area is 197 Å². The van der Waals surface area contributed by atoms with E-state index < -0.39 is 12.1 Å². The van der Waals surface area contributed by atoms with Gasteiger partial charge in [-0.15, -0.1) is 0 Å². The first-order valence-corrected chi connectivity index (χ1v) is 11.1. The highest BCUT2D eigenvalue weighted by molar-refractivity contribution is 6.31. The average molecular weight is 461 g/mol. The van der Waals surface area contributed by atoms with Gasteiger partial charge in [0.05, 0.1) is 0 Å². The number of H-pyrrole nitrogens is 1. The Morgan fingerprint density at radius 3 is 2.36 bits per heavy atom. The van der Waals surface area contributed by atoms with Crippen LogP contribution in [0.5, 0.6) is 0 Å². The molecule has 168 valence electrons. The van der Waals surface area contributed by atoms with Gasteiger partial charge in [-0.2, -0.15) is 0 Å². The smallest absolute Gasteiger partial charge is 0.312 e. The number of hydrogen-bond acceptors (Lipinski definition) is 2. The summed E-state index contributed by atoms with van der Waals surface area (Å²) in [6.07, 6.45) is 2.29. The molecule has 0 saturated carbocycles. The average Bonchev–Trinajstić information content (AvgIpc) is 3.24. The first-order chi connectivity index (χ1) is 16.0. The number of carbonyl (C=O) groups excluding carboxylic acids is 2. The molecular weight excluding hydrogens is 436 g/mol. The van der Waals surface area contributed by atoms with E-state index in [1.54, 1.807) is 0 Å². The lowest BCUT2D eigenvalue weighted by Gasteiger charge is -2.22. The monoisotopic (exact) mass is 460 g/mol. The number of amides is 3. The summed E-state index contributed by atoms with van der Waals surface area (Å²) >= 11 is 6.54. The van der Waals surface area contributed by atoms with Gasteiger partial charge in [0.15, 0.2) is 0 Å². The molecule has 0 spiro atoms. The Hall–Kier alpha value is -3.77. The zero-order chi connectivity index (χ0) is 23.2. The molecule has 0 unspecified atom stereocenters. The van der Waals surface area contributed by atoms with Gasteiger partial charge >= 0.3 is 6.03 Å². The topological polar surface area (TPSA) is 100 Å². The minimum absolute atomic E-state index is 0.190. The number of carbonyl (C=O) groups is 2. The van der Waals surface area contributed by atoms with E-state index in [-0.39, 0.29) is 11.8 Å². The Kier molecular flexibility index (Phi) is 6.95. The van der Waals surface area contributed by atoms with Crippen molar-refractivity contribution >= 4 is 34.4 Å². The van der Waals surface area contributed by atoms with E-state index >= 15 is 0 Å². The third-order valence-corrected chi connectivity index (χ3v) is 6.02. The van der Waals surface area contributed by atoms with Crippen molar-refractivity contribution in [3.63, 3.8) is 0 Å². The summed E-state index contributed by atoms with van der Waals surface area (Å²) < 4.78 is 0. The first-order valence-electron chi connectivity index (χ1n) is 10.7. The Balaban J connectivity index is 1.60. The molecule has 7 heteroatoms. The van der Waals surface area contributed by atoms with Gasteiger partial charge in [0.1, 0.15) is 6.04 Å². The molecule has 0 radical (unpaired) electrons. The van der Waals surface area contributed by atoms with E-state index in [0.717, 1.165) is 27.6 Å². The molecule has 0 aliphatic heterocycles. The summed E-state index contributed by atoms with van der Waals surface area (Å²) in [5, 5.41) is 7.25. The van der Waals surface area contributed by atoms with Crippen molar-refractivity contribution in [2.24, 2.45) is 5.73 Å². The molecule has 4 rings (SSSR count). The van der Waals surface area contributed by atoms with Crippen molar-refractivity contribution in [3.05, 3.63) is 107 Å². The molecule has 6 nitrogen and oxygen atoms in total. The lowest BCUT2D eigenvalue weighted by Crippen LogP contribution is -2.50. The number of benzene rings is 3. The highest BCUT2D eigenvalue weighted by Gasteiger charge is 2.24. The molecule has 3 amide bonds. The van der Waals surface area contributed by atoms with Crippen LogP contribution >= 0.6 is 11.6 Å².